The van der Waals surface area contributed by atoms with E-state index in [1.54, 1.807) is 26.3 Å². The van der Waals surface area contributed by atoms with Crippen LogP contribution in [0.1, 0.15) is 30.0 Å². The Balaban J connectivity index is 1.61. The predicted molar refractivity (Wildman–Crippen MR) is 118 cm³/mol. The number of methoxy groups -OCH3 is 1. The number of hydrogen-bond donors (Lipinski definition) is 2. The van der Waals surface area contributed by atoms with Crippen LogP contribution >= 0.6 is 0 Å². The minimum absolute atomic E-state index is 0.143. The van der Waals surface area contributed by atoms with Gasteiger partial charge in [-0.3, -0.25) is 9.89 Å². The molecule has 2 aromatic rings. The Morgan fingerprint density at radius 1 is 1.06 bits per heavy atom. The molecule has 1 fully saturated rings. The molecule has 0 aromatic heterocycles. The average molecular weight is 433 g/mol. The summed E-state index contributed by atoms with van der Waals surface area (Å²) in [5, 5.41) is 6.64. The highest BCUT2D eigenvalue weighted by molar-refractivity contribution is 5.79. The normalized spacial score (nSPS) is 15.7. The molecule has 1 saturated heterocycles. The minimum Gasteiger partial charge on any atom is -0.497 e. The van der Waals surface area contributed by atoms with Crippen molar-refractivity contribution >= 4 is 5.96 Å². The van der Waals surface area contributed by atoms with Gasteiger partial charge < -0.3 is 20.1 Å². The summed E-state index contributed by atoms with van der Waals surface area (Å²) in [5.74, 6) is 1.63. The van der Waals surface area contributed by atoms with Gasteiger partial charge in [-0.05, 0) is 61.3 Å². The number of ether oxygens (including phenoxy) is 2. The number of halogens is 2. The predicted octanol–water partition coefficient (Wildman–Crippen LogP) is 3.80. The number of guanidine groups is 1. The summed E-state index contributed by atoms with van der Waals surface area (Å²) in [6.07, 6.45) is 2.40. The number of likely N-dealkylation sites (tertiary alicyclic amines) is 1. The molecule has 1 aliphatic heterocycles. The second-order valence-corrected chi connectivity index (χ2v) is 7.37. The summed E-state index contributed by atoms with van der Waals surface area (Å²) in [6.45, 7) is 0.408. The van der Waals surface area contributed by atoms with Gasteiger partial charge in [-0.1, -0.05) is 24.3 Å². The lowest BCUT2D eigenvalue weighted by Crippen LogP contribution is -2.42. The van der Waals surface area contributed by atoms with Gasteiger partial charge in [-0.25, -0.2) is 0 Å². The van der Waals surface area contributed by atoms with Crippen molar-refractivity contribution in [3.8, 4) is 11.5 Å². The van der Waals surface area contributed by atoms with E-state index < -0.39 is 6.61 Å². The molecular formula is C23H30F2N4O2. The van der Waals surface area contributed by atoms with Crippen LogP contribution in [0.4, 0.5) is 8.78 Å². The molecule has 168 valence electrons. The van der Waals surface area contributed by atoms with Crippen molar-refractivity contribution < 1.29 is 18.3 Å². The number of nitrogens with zero attached hydrogens (tertiary/aromatic N) is 2. The zero-order chi connectivity index (χ0) is 22.1. The van der Waals surface area contributed by atoms with Gasteiger partial charge in [0.05, 0.1) is 13.2 Å². The van der Waals surface area contributed by atoms with Crippen LogP contribution in [0.25, 0.3) is 0 Å². The van der Waals surface area contributed by atoms with Gasteiger partial charge in [0, 0.05) is 20.1 Å². The lowest BCUT2D eigenvalue weighted by molar-refractivity contribution is -0.0498. The smallest absolute Gasteiger partial charge is 0.387 e. The van der Waals surface area contributed by atoms with Crippen molar-refractivity contribution in [2.45, 2.75) is 32.0 Å². The Morgan fingerprint density at radius 2 is 1.81 bits per heavy atom. The van der Waals surface area contributed by atoms with E-state index >= 15 is 0 Å². The van der Waals surface area contributed by atoms with E-state index in [0.29, 0.717) is 19.0 Å². The van der Waals surface area contributed by atoms with Crippen LogP contribution in [0.2, 0.25) is 0 Å². The Morgan fingerprint density at radius 3 is 2.52 bits per heavy atom. The molecule has 1 unspecified atom stereocenters. The lowest BCUT2D eigenvalue weighted by atomic mass is 10.1. The van der Waals surface area contributed by atoms with E-state index in [1.807, 2.05) is 18.2 Å². The van der Waals surface area contributed by atoms with Crippen LogP contribution < -0.4 is 20.1 Å². The molecule has 1 heterocycles. The highest BCUT2D eigenvalue weighted by atomic mass is 19.3. The number of alkyl halides is 2. The standard InChI is InChI=1S/C23H30F2N4O2/c1-26-23(27-15-17-7-5-10-20(13-17)31-22(24)25)28-16-21(29-11-3-4-12-29)18-8-6-9-19(14-18)30-2/h5-10,13-14,21-22H,3-4,11-12,15-16H2,1-2H3,(H2,26,27,28). The van der Waals surface area contributed by atoms with Crippen LogP contribution in [-0.4, -0.2) is 51.3 Å². The summed E-state index contributed by atoms with van der Waals surface area (Å²) < 4.78 is 34.7. The molecule has 2 N–H and O–H groups in total. The Hall–Kier alpha value is -2.87. The number of aliphatic imine (C=N–C) groups is 1. The van der Waals surface area contributed by atoms with Crippen LogP contribution in [0, 0.1) is 0 Å². The maximum Gasteiger partial charge on any atom is 0.387 e. The first-order valence-electron chi connectivity index (χ1n) is 10.5. The molecule has 0 spiro atoms. The molecule has 1 atom stereocenters. The molecule has 0 saturated carbocycles. The van der Waals surface area contributed by atoms with Gasteiger partial charge >= 0.3 is 6.61 Å². The summed E-state index contributed by atoms with van der Waals surface area (Å²) in [5.41, 5.74) is 2.02. The van der Waals surface area contributed by atoms with E-state index in [9.17, 15) is 8.78 Å². The Bertz CT molecular complexity index is 857. The quantitative estimate of drug-likeness (QED) is 0.466. The summed E-state index contributed by atoms with van der Waals surface area (Å²) >= 11 is 0. The van der Waals surface area contributed by atoms with Crippen LogP contribution in [0.15, 0.2) is 53.5 Å². The highest BCUT2D eigenvalue weighted by Crippen LogP contribution is 2.27. The van der Waals surface area contributed by atoms with Crippen LogP contribution in [-0.2, 0) is 6.54 Å². The fourth-order valence-electron chi connectivity index (χ4n) is 3.79. The topological polar surface area (TPSA) is 58.1 Å². The van der Waals surface area contributed by atoms with Gasteiger partial charge in [-0.15, -0.1) is 0 Å². The molecule has 2 aromatic carbocycles. The number of benzene rings is 2. The molecule has 31 heavy (non-hydrogen) atoms. The van der Waals surface area contributed by atoms with Gasteiger partial charge in [-0.2, -0.15) is 8.78 Å². The zero-order valence-electron chi connectivity index (χ0n) is 18.0. The van der Waals surface area contributed by atoms with Crippen molar-refractivity contribution in [1.82, 2.24) is 15.5 Å². The molecule has 3 rings (SSSR count). The molecule has 6 nitrogen and oxygen atoms in total. The van der Waals surface area contributed by atoms with E-state index in [0.717, 1.165) is 24.4 Å². The second-order valence-electron chi connectivity index (χ2n) is 7.37. The fourth-order valence-corrected chi connectivity index (χ4v) is 3.79. The number of nitrogens with one attached hydrogen (secondary N) is 2. The van der Waals surface area contributed by atoms with E-state index in [4.69, 9.17) is 4.74 Å². The van der Waals surface area contributed by atoms with Crippen molar-refractivity contribution in [1.29, 1.82) is 0 Å². The molecule has 0 radical (unpaired) electrons. The van der Waals surface area contributed by atoms with Crippen molar-refractivity contribution in [3.63, 3.8) is 0 Å². The number of hydrogen-bond acceptors (Lipinski definition) is 4. The first kappa shape index (κ1) is 22.8. The molecule has 0 amide bonds. The largest absolute Gasteiger partial charge is 0.497 e. The third kappa shape index (κ3) is 6.82. The number of rotatable bonds is 9. The van der Waals surface area contributed by atoms with Crippen molar-refractivity contribution in [3.05, 3.63) is 59.7 Å². The summed E-state index contributed by atoms with van der Waals surface area (Å²) in [6, 6.07) is 15.0. The zero-order valence-corrected chi connectivity index (χ0v) is 18.0. The van der Waals surface area contributed by atoms with E-state index in [1.165, 1.54) is 24.5 Å². The van der Waals surface area contributed by atoms with Crippen LogP contribution in [0.3, 0.4) is 0 Å². The van der Waals surface area contributed by atoms with Crippen molar-refractivity contribution in [2.75, 3.05) is 33.8 Å². The highest BCUT2D eigenvalue weighted by Gasteiger charge is 2.24. The third-order valence-corrected chi connectivity index (χ3v) is 5.33. The first-order chi connectivity index (χ1) is 15.1. The SMILES string of the molecule is CN=C(NCc1cccc(OC(F)F)c1)NCC(c1cccc(OC)c1)N1CCCC1. The maximum atomic E-state index is 12.4. The fraction of sp³-hybridized carbons (Fsp3) is 0.435. The maximum absolute atomic E-state index is 12.4. The van der Waals surface area contributed by atoms with Crippen molar-refractivity contribution in [2.24, 2.45) is 4.99 Å². The monoisotopic (exact) mass is 432 g/mol. The Kier molecular flexibility index (Phi) is 8.46. The average Bonchev–Trinajstić information content (AvgIpc) is 3.30. The molecule has 8 heteroatoms. The summed E-state index contributed by atoms with van der Waals surface area (Å²) in [7, 11) is 3.39. The third-order valence-electron chi connectivity index (χ3n) is 5.33. The van der Waals surface area contributed by atoms with Gasteiger partial charge in [0.2, 0.25) is 0 Å². The minimum atomic E-state index is -2.84. The molecular weight excluding hydrogens is 402 g/mol. The lowest BCUT2D eigenvalue weighted by Gasteiger charge is -2.29. The molecule has 1 aliphatic rings. The van der Waals surface area contributed by atoms with Crippen LogP contribution in [0.5, 0.6) is 11.5 Å². The van der Waals surface area contributed by atoms with E-state index in [2.05, 4.69) is 37.4 Å². The van der Waals surface area contributed by atoms with E-state index in [-0.39, 0.29) is 11.8 Å². The molecule has 0 bridgehead atoms. The first-order valence-corrected chi connectivity index (χ1v) is 10.5. The van der Waals surface area contributed by atoms with Gasteiger partial charge in [0.15, 0.2) is 5.96 Å². The summed E-state index contributed by atoms with van der Waals surface area (Å²) in [4.78, 5) is 6.77. The Labute approximate surface area is 182 Å². The molecule has 0 aliphatic carbocycles. The van der Waals surface area contributed by atoms with Gasteiger partial charge in [0.1, 0.15) is 11.5 Å². The van der Waals surface area contributed by atoms with Gasteiger partial charge in [0.25, 0.3) is 0 Å². The second kappa shape index (κ2) is 11.5.